The second kappa shape index (κ2) is 8.28. The van der Waals surface area contributed by atoms with Crippen LogP contribution in [0, 0.1) is 0 Å². The number of nitrogens with zero attached hydrogens (tertiary/aromatic N) is 1. The third-order valence-corrected chi connectivity index (χ3v) is 4.71. The summed E-state index contributed by atoms with van der Waals surface area (Å²) in [5.41, 5.74) is 3.18. The average molecular weight is 450 g/mol. The molecule has 4 rings (SSSR count). The van der Waals surface area contributed by atoms with Gasteiger partial charge in [0, 0.05) is 10.2 Å². The Morgan fingerprint density at radius 2 is 1.86 bits per heavy atom. The minimum Gasteiger partial charge on any atom is -0.410 e. The molecular weight excluding hydrogens is 434 g/mol. The van der Waals surface area contributed by atoms with E-state index < -0.39 is 6.09 Å². The van der Waals surface area contributed by atoms with Crippen molar-refractivity contribution < 1.29 is 14.3 Å². The lowest BCUT2D eigenvalue weighted by Gasteiger charge is -2.10. The Morgan fingerprint density at radius 3 is 2.66 bits per heavy atom. The van der Waals surface area contributed by atoms with Crippen LogP contribution in [0.25, 0.3) is 0 Å². The molecule has 2 N–H and O–H groups in total. The highest BCUT2D eigenvalue weighted by Gasteiger charge is 2.18. The third-order valence-electron chi connectivity index (χ3n) is 4.21. The first-order valence-corrected chi connectivity index (χ1v) is 9.67. The summed E-state index contributed by atoms with van der Waals surface area (Å²) < 4.78 is 6.14. The van der Waals surface area contributed by atoms with Gasteiger partial charge in [-0.2, -0.15) is 0 Å². The normalized spacial score (nSPS) is 12.9. The summed E-state index contributed by atoms with van der Waals surface area (Å²) in [6.07, 6.45) is -0.460. The van der Waals surface area contributed by atoms with E-state index in [-0.39, 0.29) is 12.3 Å². The number of hydrogen-bond donors (Lipinski definition) is 2. The van der Waals surface area contributed by atoms with Gasteiger partial charge in [0.25, 0.3) is 0 Å². The third kappa shape index (κ3) is 4.70. The number of amides is 2. The van der Waals surface area contributed by atoms with E-state index in [0.29, 0.717) is 28.5 Å². The van der Waals surface area contributed by atoms with Crippen LogP contribution in [-0.4, -0.2) is 17.7 Å². The maximum atomic E-state index is 12.4. The van der Waals surface area contributed by atoms with Crippen molar-refractivity contribution in [1.82, 2.24) is 0 Å². The lowest BCUT2D eigenvalue weighted by molar-refractivity contribution is -0.115. The van der Waals surface area contributed by atoms with Gasteiger partial charge >= 0.3 is 6.09 Å². The number of para-hydroxylation sites is 1. The first-order valence-electron chi connectivity index (χ1n) is 8.88. The number of hydrogen-bond acceptors (Lipinski definition) is 4. The quantitative estimate of drug-likeness (QED) is 0.551. The molecule has 3 aromatic rings. The molecule has 0 aromatic heterocycles. The summed E-state index contributed by atoms with van der Waals surface area (Å²) in [6.45, 7) is 0. The lowest BCUT2D eigenvalue weighted by atomic mass is 10.1. The predicted octanol–water partition coefficient (Wildman–Crippen LogP) is 5.52. The molecule has 0 saturated heterocycles. The first-order chi connectivity index (χ1) is 14.1. The molecule has 0 aliphatic carbocycles. The lowest BCUT2D eigenvalue weighted by Crippen LogP contribution is -2.17. The molecule has 1 aliphatic rings. The van der Waals surface area contributed by atoms with Crippen molar-refractivity contribution in [2.45, 2.75) is 6.42 Å². The molecule has 1 aliphatic heterocycles. The Labute approximate surface area is 175 Å². The van der Waals surface area contributed by atoms with Crippen molar-refractivity contribution in [3.05, 3.63) is 82.8 Å². The zero-order chi connectivity index (χ0) is 20.2. The van der Waals surface area contributed by atoms with Gasteiger partial charge in [0.15, 0.2) is 0 Å². The van der Waals surface area contributed by atoms with E-state index in [2.05, 4.69) is 31.6 Å². The molecular formula is C22H16BrN3O3. The Hall–Kier alpha value is -3.45. The van der Waals surface area contributed by atoms with Crippen LogP contribution in [0.1, 0.15) is 12.0 Å². The summed E-state index contributed by atoms with van der Waals surface area (Å²) in [5.74, 6) is 0.266. The van der Waals surface area contributed by atoms with E-state index in [1.165, 1.54) is 0 Å². The summed E-state index contributed by atoms with van der Waals surface area (Å²) in [4.78, 5) is 29.1. The van der Waals surface area contributed by atoms with E-state index in [9.17, 15) is 9.59 Å². The molecule has 1 heterocycles. The number of anilines is 2. The predicted molar refractivity (Wildman–Crippen MR) is 116 cm³/mol. The molecule has 29 heavy (non-hydrogen) atoms. The van der Waals surface area contributed by atoms with Crippen LogP contribution in [0.4, 0.5) is 21.9 Å². The maximum absolute atomic E-state index is 12.4. The smallest absolute Gasteiger partial charge is 0.410 e. The molecule has 0 radical (unpaired) electrons. The number of rotatable bonds is 3. The second-order valence-electron chi connectivity index (χ2n) is 6.35. The number of carbonyl (C=O) groups is 2. The van der Waals surface area contributed by atoms with Crippen LogP contribution in [0.3, 0.4) is 0 Å². The van der Waals surface area contributed by atoms with Crippen molar-refractivity contribution in [2.75, 3.05) is 10.6 Å². The number of benzene rings is 3. The van der Waals surface area contributed by atoms with Crippen molar-refractivity contribution in [1.29, 1.82) is 0 Å². The molecule has 144 valence electrons. The molecule has 0 unspecified atom stereocenters. The number of halogens is 1. The minimum absolute atomic E-state index is 0.157. The SMILES string of the molecule is O=C1CC(c2cccc(Br)c2)=Nc2ccc(NC(=O)Oc3ccccc3)cc2N1. The molecule has 0 fully saturated rings. The Morgan fingerprint density at radius 1 is 1.03 bits per heavy atom. The van der Waals surface area contributed by atoms with Crippen molar-refractivity contribution in [3.63, 3.8) is 0 Å². The Kier molecular flexibility index (Phi) is 5.39. The van der Waals surface area contributed by atoms with Crippen LogP contribution < -0.4 is 15.4 Å². The van der Waals surface area contributed by atoms with Crippen LogP contribution >= 0.6 is 15.9 Å². The number of nitrogens with one attached hydrogen (secondary N) is 2. The van der Waals surface area contributed by atoms with Crippen molar-refractivity contribution in [2.24, 2.45) is 4.99 Å². The zero-order valence-corrected chi connectivity index (χ0v) is 16.8. The highest BCUT2D eigenvalue weighted by atomic mass is 79.9. The Balaban J connectivity index is 1.57. The molecule has 0 saturated carbocycles. The fourth-order valence-corrected chi connectivity index (χ4v) is 3.32. The van der Waals surface area contributed by atoms with Crippen molar-refractivity contribution in [3.8, 4) is 5.75 Å². The molecule has 3 aromatic carbocycles. The number of aliphatic imine (C=N–C) groups is 1. The number of ether oxygens (including phenoxy) is 1. The number of fused-ring (bicyclic) bond motifs is 1. The van der Waals surface area contributed by atoms with E-state index in [4.69, 9.17) is 4.74 Å². The van der Waals surface area contributed by atoms with E-state index >= 15 is 0 Å². The zero-order valence-electron chi connectivity index (χ0n) is 15.2. The second-order valence-corrected chi connectivity index (χ2v) is 7.27. The van der Waals surface area contributed by atoms with Gasteiger partial charge < -0.3 is 10.1 Å². The standard InChI is InChI=1S/C22H16BrN3O3/c23-15-6-4-5-14(11-15)19-13-21(27)26-20-12-16(9-10-18(20)25-19)24-22(28)29-17-7-2-1-3-8-17/h1-12H,13H2,(H,24,28)(H,26,27). The van der Waals surface area contributed by atoms with Crippen LogP contribution in [-0.2, 0) is 4.79 Å². The highest BCUT2D eigenvalue weighted by Crippen LogP contribution is 2.32. The van der Waals surface area contributed by atoms with E-state index in [1.54, 1.807) is 42.5 Å². The van der Waals surface area contributed by atoms with Gasteiger partial charge in [-0.1, -0.05) is 46.3 Å². The van der Waals surface area contributed by atoms with Gasteiger partial charge in [0.1, 0.15) is 5.75 Å². The van der Waals surface area contributed by atoms with Gasteiger partial charge in [0.05, 0.1) is 23.5 Å². The van der Waals surface area contributed by atoms with Crippen LogP contribution in [0.15, 0.2) is 82.3 Å². The van der Waals surface area contributed by atoms with Crippen molar-refractivity contribution >= 4 is 50.7 Å². The minimum atomic E-state index is -0.616. The molecule has 7 heteroatoms. The summed E-state index contributed by atoms with van der Waals surface area (Å²) >= 11 is 3.44. The highest BCUT2D eigenvalue weighted by molar-refractivity contribution is 9.10. The fourth-order valence-electron chi connectivity index (χ4n) is 2.92. The van der Waals surface area contributed by atoms with Gasteiger partial charge in [-0.25, -0.2) is 4.79 Å². The topological polar surface area (TPSA) is 79.8 Å². The van der Waals surface area contributed by atoms with E-state index in [0.717, 1.165) is 10.0 Å². The first kappa shape index (κ1) is 18.9. The van der Waals surface area contributed by atoms with Gasteiger partial charge in [-0.05, 0) is 48.0 Å². The summed E-state index contributed by atoms with van der Waals surface area (Å²) in [5, 5.41) is 5.50. The monoisotopic (exact) mass is 449 g/mol. The Bertz CT molecular complexity index is 1110. The molecule has 2 amide bonds. The van der Waals surface area contributed by atoms with Gasteiger partial charge in [0.2, 0.25) is 5.91 Å². The van der Waals surface area contributed by atoms with E-state index in [1.807, 2.05) is 30.3 Å². The van der Waals surface area contributed by atoms with Gasteiger partial charge in [-0.15, -0.1) is 0 Å². The van der Waals surface area contributed by atoms with Crippen LogP contribution in [0.5, 0.6) is 5.75 Å². The largest absolute Gasteiger partial charge is 0.417 e. The number of carbonyl (C=O) groups excluding carboxylic acids is 2. The maximum Gasteiger partial charge on any atom is 0.417 e. The molecule has 0 spiro atoms. The molecule has 0 bridgehead atoms. The van der Waals surface area contributed by atoms with Crippen LogP contribution in [0.2, 0.25) is 0 Å². The molecule has 0 atom stereocenters. The van der Waals surface area contributed by atoms with Gasteiger partial charge in [-0.3, -0.25) is 15.1 Å². The molecule has 6 nitrogen and oxygen atoms in total. The summed E-state index contributed by atoms with van der Waals surface area (Å²) in [7, 11) is 0. The summed E-state index contributed by atoms with van der Waals surface area (Å²) in [6, 6.07) is 21.5. The average Bonchev–Trinajstić information content (AvgIpc) is 2.86. The fraction of sp³-hybridized carbons (Fsp3) is 0.0455.